The lowest BCUT2D eigenvalue weighted by Crippen LogP contribution is -1.73. The second kappa shape index (κ2) is 16.1. The molecule has 11 heteroatoms. The maximum atomic E-state index is 9.89. The Morgan fingerprint density at radius 3 is 1.88 bits per heavy atom. The van der Waals surface area contributed by atoms with Gasteiger partial charge in [-0.3, -0.25) is 4.79 Å². The fourth-order valence-electron chi connectivity index (χ4n) is 0.930. The van der Waals surface area contributed by atoms with E-state index in [0.29, 0.717) is 12.0 Å². The van der Waals surface area contributed by atoms with Crippen molar-refractivity contribution in [3.05, 3.63) is 35.0 Å². The van der Waals surface area contributed by atoms with Crippen LogP contribution in [0.25, 0.3) is 0 Å². The second-order valence-electron chi connectivity index (χ2n) is 4.05. The number of hydrogen-bond acceptors (Lipinski definition) is 10. The van der Waals surface area contributed by atoms with Gasteiger partial charge in [0.1, 0.15) is 11.8 Å². The van der Waals surface area contributed by atoms with Crippen LogP contribution < -0.4 is 0 Å². The fourth-order valence-corrected chi connectivity index (χ4v) is 0.930. The summed E-state index contributed by atoms with van der Waals surface area (Å²) in [5.74, 6) is 0.796. The lowest BCUT2D eigenvalue weighted by Gasteiger charge is -1.76. The smallest absolute Gasteiger partial charge is 0.199 e. The number of rotatable bonds is 2. The Morgan fingerprint density at radius 2 is 1.72 bits per heavy atom. The number of hydrogen-bond donors (Lipinski definition) is 3. The fraction of sp³-hybridized carbons (Fsp3) is 0.357. The van der Waals surface area contributed by atoms with E-state index in [1.54, 1.807) is 26.0 Å². The number of nitrogens with zero attached hydrogens (tertiary/aromatic N) is 4. The largest absolute Gasteiger partial charge is 0.411 e. The molecule has 2 rings (SSSR count). The Balaban J connectivity index is 0. The van der Waals surface area contributed by atoms with Gasteiger partial charge >= 0.3 is 0 Å². The topological polar surface area (TPSA) is 155 Å². The van der Waals surface area contributed by atoms with Crippen molar-refractivity contribution >= 4 is 29.3 Å². The molecular formula is C14H21ClN4O6. The van der Waals surface area contributed by atoms with Crippen LogP contribution in [0.15, 0.2) is 31.5 Å². The quantitative estimate of drug-likeness (QED) is 0.312. The first kappa shape index (κ1) is 24.5. The average molecular weight is 377 g/mol. The molecule has 0 saturated carbocycles. The summed E-state index contributed by atoms with van der Waals surface area (Å²) in [7, 11) is 0. The number of aliphatic hydroxyl groups is 1. The minimum Gasteiger partial charge on any atom is -0.411 e. The van der Waals surface area contributed by atoms with Gasteiger partial charge in [0.25, 0.3) is 0 Å². The molecule has 0 aromatic carbocycles. The summed E-state index contributed by atoms with van der Waals surface area (Å²) in [4.78, 5) is 9.89. The molecule has 0 spiro atoms. The number of aldehydes is 1. The normalized spacial score (nSPS) is 9.92. The molecule has 0 saturated heterocycles. The van der Waals surface area contributed by atoms with Crippen LogP contribution in [0.2, 0.25) is 0 Å². The molecule has 140 valence electrons. The molecule has 0 unspecified atom stereocenters. The highest BCUT2D eigenvalue weighted by molar-refractivity contribution is 6.64. The maximum absolute atomic E-state index is 9.89. The van der Waals surface area contributed by atoms with E-state index in [9.17, 15) is 4.79 Å². The third-order valence-corrected chi connectivity index (χ3v) is 1.92. The number of aryl methyl sites for hydroxylation is 2. The molecule has 0 fully saturated rings. The number of carbonyl (C=O) groups excluding carboxylic acids is 1. The van der Waals surface area contributed by atoms with E-state index in [1.807, 2.05) is 6.92 Å². The van der Waals surface area contributed by atoms with Crippen molar-refractivity contribution in [2.24, 2.45) is 10.3 Å². The highest BCUT2D eigenvalue weighted by Crippen LogP contribution is 1.99. The molecule has 0 atom stereocenters. The maximum Gasteiger partial charge on any atom is 0.199 e. The molecule has 10 nitrogen and oxygen atoms in total. The minimum atomic E-state index is -0.0686. The van der Waals surface area contributed by atoms with Gasteiger partial charge in [-0.05, 0) is 27.7 Å². The molecule has 2 aromatic heterocycles. The van der Waals surface area contributed by atoms with E-state index in [2.05, 4.69) is 29.7 Å². The predicted molar refractivity (Wildman–Crippen MR) is 90.5 cm³/mol. The zero-order chi connectivity index (χ0) is 19.7. The number of carbonyl (C=O) groups is 1. The van der Waals surface area contributed by atoms with Gasteiger partial charge in [-0.1, -0.05) is 27.1 Å². The molecule has 3 N–H and O–H groups in total. The van der Waals surface area contributed by atoms with Crippen LogP contribution in [-0.2, 0) is 6.61 Å². The van der Waals surface area contributed by atoms with Crippen molar-refractivity contribution in [3.63, 3.8) is 0 Å². The third-order valence-electron chi connectivity index (χ3n) is 1.85. The van der Waals surface area contributed by atoms with Gasteiger partial charge < -0.3 is 24.6 Å². The van der Waals surface area contributed by atoms with E-state index < -0.39 is 0 Å². The van der Waals surface area contributed by atoms with Crippen molar-refractivity contribution in [1.29, 1.82) is 0 Å². The summed E-state index contributed by atoms with van der Waals surface area (Å²) >= 11 is 4.96. The second-order valence-corrected chi connectivity index (χ2v) is 4.60. The summed E-state index contributed by atoms with van der Waals surface area (Å²) in [6.45, 7) is 6.63. The molecule has 25 heavy (non-hydrogen) atoms. The molecule has 2 heterocycles. The van der Waals surface area contributed by atoms with E-state index in [1.165, 1.54) is 13.1 Å². The van der Waals surface area contributed by atoms with Crippen molar-refractivity contribution in [3.8, 4) is 0 Å². The molecule has 0 aliphatic carbocycles. The highest BCUT2D eigenvalue weighted by atomic mass is 35.5. The van der Waals surface area contributed by atoms with E-state index >= 15 is 0 Å². The zero-order valence-electron chi connectivity index (χ0n) is 14.2. The minimum absolute atomic E-state index is 0.0686. The highest BCUT2D eigenvalue weighted by Gasteiger charge is 1.95. The van der Waals surface area contributed by atoms with Crippen LogP contribution >= 0.6 is 11.6 Å². The molecule has 0 bridgehead atoms. The number of oxime groups is 2. The first-order valence-corrected chi connectivity index (χ1v) is 7.10. The van der Waals surface area contributed by atoms with Gasteiger partial charge in [0.2, 0.25) is 0 Å². The SMILES string of the molecule is C/C(Cl)=N/O.C/C=N/O.Cc1cc(C=O)on1.Cc1cc(CO)on1. The van der Waals surface area contributed by atoms with Crippen molar-refractivity contribution in [2.45, 2.75) is 34.3 Å². The Kier molecular flexibility index (Phi) is 15.8. The van der Waals surface area contributed by atoms with E-state index in [4.69, 9.17) is 27.1 Å². The third kappa shape index (κ3) is 15.9. The van der Waals surface area contributed by atoms with Crippen LogP contribution in [0.3, 0.4) is 0 Å². The molecule has 2 aromatic rings. The summed E-state index contributed by atoms with van der Waals surface area (Å²) in [5.41, 5.74) is 1.53. The van der Waals surface area contributed by atoms with Crippen LogP contribution in [-0.4, -0.2) is 43.5 Å². The lowest BCUT2D eigenvalue weighted by atomic mass is 10.4. The summed E-state index contributed by atoms with van der Waals surface area (Å²) in [6, 6.07) is 3.27. The summed E-state index contributed by atoms with van der Waals surface area (Å²) in [6.07, 6.45) is 1.93. The lowest BCUT2D eigenvalue weighted by molar-refractivity contribution is 0.109. The van der Waals surface area contributed by atoms with Gasteiger partial charge in [0.05, 0.1) is 11.4 Å². The van der Waals surface area contributed by atoms with E-state index in [-0.39, 0.29) is 17.5 Å². The van der Waals surface area contributed by atoms with Gasteiger partial charge in [-0.25, -0.2) is 0 Å². The van der Waals surface area contributed by atoms with Crippen LogP contribution in [0.1, 0.15) is 41.6 Å². The Bertz CT molecular complexity index is 631. The first-order chi connectivity index (χ1) is 11.8. The van der Waals surface area contributed by atoms with Crippen LogP contribution in [0.5, 0.6) is 0 Å². The zero-order valence-corrected chi connectivity index (χ0v) is 15.0. The van der Waals surface area contributed by atoms with E-state index in [0.717, 1.165) is 11.4 Å². The van der Waals surface area contributed by atoms with Gasteiger partial charge in [0.15, 0.2) is 17.8 Å². The Labute approximate surface area is 149 Å². The van der Waals surface area contributed by atoms with Gasteiger partial charge in [0, 0.05) is 18.3 Å². The predicted octanol–water partition coefficient (Wildman–Crippen LogP) is 2.77. The number of aromatic nitrogens is 2. The Morgan fingerprint density at radius 1 is 1.24 bits per heavy atom. The monoisotopic (exact) mass is 376 g/mol. The first-order valence-electron chi connectivity index (χ1n) is 6.72. The summed E-state index contributed by atoms with van der Waals surface area (Å²) < 4.78 is 9.11. The van der Waals surface area contributed by atoms with Crippen LogP contribution in [0, 0.1) is 13.8 Å². The number of aliphatic hydroxyl groups excluding tert-OH is 1. The van der Waals surface area contributed by atoms with Crippen molar-refractivity contribution in [1.82, 2.24) is 10.3 Å². The Hall–Kier alpha value is -2.72. The molecule has 0 aliphatic heterocycles. The summed E-state index contributed by atoms with van der Waals surface area (Å²) in [5, 5.41) is 35.8. The standard InChI is InChI=1S/C5H7NO2.C5H5NO2.C2H4ClNO.C2H5NO/c2*1-4-2-5(3-7)8-6-4;1-2(3)4-5;1-2-3-4/h2,7H,3H2,1H3;2-3H,1H3;5H,1H3;2,4H,1H3/b;;4-2-;3-2+. The average Bonchev–Trinajstić information content (AvgIpc) is 3.24. The molecular weight excluding hydrogens is 356 g/mol. The van der Waals surface area contributed by atoms with Crippen molar-refractivity contribution < 1.29 is 29.4 Å². The molecule has 0 amide bonds. The molecule has 0 radical (unpaired) electrons. The van der Waals surface area contributed by atoms with Crippen molar-refractivity contribution in [2.75, 3.05) is 0 Å². The molecule has 0 aliphatic rings. The van der Waals surface area contributed by atoms with Gasteiger partial charge in [-0.15, -0.1) is 5.16 Å². The van der Waals surface area contributed by atoms with Crippen LogP contribution in [0.4, 0.5) is 0 Å². The number of halogens is 1. The van der Waals surface area contributed by atoms with Gasteiger partial charge in [-0.2, -0.15) is 0 Å².